The zero-order valence-electron chi connectivity index (χ0n) is 24.2. The van der Waals surface area contributed by atoms with E-state index in [1.807, 2.05) is 12.1 Å². The van der Waals surface area contributed by atoms with Crippen molar-refractivity contribution in [3.63, 3.8) is 0 Å². The molecule has 0 N–H and O–H groups in total. The molecule has 1 saturated heterocycles. The van der Waals surface area contributed by atoms with E-state index in [4.69, 9.17) is 23.7 Å². The lowest BCUT2D eigenvalue weighted by Gasteiger charge is -2.44. The number of hydrogen-bond donors (Lipinski definition) is 0. The average Bonchev–Trinajstić information content (AvgIpc) is 3.75. The highest BCUT2D eigenvalue weighted by atomic mass is 16.7. The zero-order chi connectivity index (χ0) is 29.7. The van der Waals surface area contributed by atoms with Crippen molar-refractivity contribution in [2.45, 2.75) is 96.7 Å². The Hall–Kier alpha value is -3.72. The molecule has 1 saturated carbocycles. The van der Waals surface area contributed by atoms with Gasteiger partial charge in [-0.25, -0.2) is 0 Å². The number of ether oxygens (including phenoxy) is 5. The predicted octanol–water partition coefficient (Wildman–Crippen LogP) is 4.52. The fourth-order valence-corrected chi connectivity index (χ4v) is 5.36. The predicted molar refractivity (Wildman–Crippen MR) is 148 cm³/mol. The van der Waals surface area contributed by atoms with Gasteiger partial charge < -0.3 is 23.7 Å². The zero-order valence-corrected chi connectivity index (χ0v) is 24.2. The van der Waals surface area contributed by atoms with Gasteiger partial charge in [-0.05, 0) is 59.4 Å². The van der Waals surface area contributed by atoms with Crippen LogP contribution in [0.5, 0.6) is 0 Å². The van der Waals surface area contributed by atoms with Crippen LogP contribution in [0.4, 0.5) is 0 Å². The maximum atomic E-state index is 12.3. The number of rotatable bonds is 10. The molecule has 2 aromatic carbocycles. The van der Waals surface area contributed by atoms with Crippen molar-refractivity contribution in [2.24, 2.45) is 0 Å². The molecule has 4 rings (SSSR count). The third-order valence-electron chi connectivity index (χ3n) is 7.33. The third-order valence-corrected chi connectivity index (χ3v) is 7.33. The third kappa shape index (κ3) is 7.94. The highest BCUT2D eigenvalue weighted by Gasteiger charge is 2.52. The normalized spacial score (nSPS) is 23.8. The molecule has 0 amide bonds. The van der Waals surface area contributed by atoms with Gasteiger partial charge in [-0.15, -0.1) is 0 Å². The van der Waals surface area contributed by atoms with Crippen LogP contribution >= 0.6 is 0 Å². The molecule has 220 valence electrons. The summed E-state index contributed by atoms with van der Waals surface area (Å²) in [6, 6.07) is 14.6. The Labute approximate surface area is 240 Å². The Morgan fingerprint density at radius 3 is 1.90 bits per heavy atom. The highest BCUT2D eigenvalue weighted by Crippen LogP contribution is 2.44. The lowest BCUT2D eigenvalue weighted by atomic mass is 9.87. The van der Waals surface area contributed by atoms with Gasteiger partial charge in [0.05, 0.1) is 0 Å². The number of benzene rings is 2. The molecule has 9 nitrogen and oxygen atoms in total. The number of esters is 4. The maximum Gasteiger partial charge on any atom is 0.303 e. The van der Waals surface area contributed by atoms with Crippen LogP contribution in [0, 0.1) is 0 Å². The van der Waals surface area contributed by atoms with Crippen molar-refractivity contribution in [2.75, 3.05) is 6.61 Å². The summed E-state index contributed by atoms with van der Waals surface area (Å²) in [5.74, 6) is -2.00. The van der Waals surface area contributed by atoms with Crippen LogP contribution in [0.25, 0.3) is 0 Å². The summed E-state index contributed by atoms with van der Waals surface area (Å²) in [7, 11) is 0. The van der Waals surface area contributed by atoms with E-state index < -0.39 is 54.4 Å². The molecule has 0 aromatic heterocycles. The van der Waals surface area contributed by atoms with Gasteiger partial charge in [-0.1, -0.05) is 49.4 Å². The van der Waals surface area contributed by atoms with Crippen molar-refractivity contribution in [1.29, 1.82) is 0 Å². The number of aryl methyl sites for hydroxylation is 1. The molecular formula is C32H38O9. The first-order valence-corrected chi connectivity index (χ1v) is 14.1. The molecule has 2 aromatic rings. The molecule has 1 aliphatic carbocycles. The molecule has 0 spiro atoms. The summed E-state index contributed by atoms with van der Waals surface area (Å²) in [6.45, 7) is 6.78. The minimum atomic E-state index is -1.20. The first-order valence-electron chi connectivity index (χ1n) is 14.1. The van der Waals surface area contributed by atoms with Gasteiger partial charge in [-0.2, -0.15) is 0 Å². The first-order chi connectivity index (χ1) is 19.5. The van der Waals surface area contributed by atoms with Crippen molar-refractivity contribution >= 4 is 23.9 Å². The Morgan fingerprint density at radius 1 is 0.756 bits per heavy atom. The van der Waals surface area contributed by atoms with E-state index in [9.17, 15) is 19.2 Å². The molecule has 9 heteroatoms. The maximum absolute atomic E-state index is 12.3. The van der Waals surface area contributed by atoms with Crippen molar-refractivity contribution in [3.8, 4) is 0 Å². The molecule has 0 radical (unpaired) electrons. The molecule has 2 fully saturated rings. The molecule has 0 bridgehead atoms. The van der Waals surface area contributed by atoms with Crippen LogP contribution in [-0.2, 0) is 55.7 Å². The quantitative estimate of drug-likeness (QED) is 0.303. The second kappa shape index (κ2) is 13.3. The van der Waals surface area contributed by atoms with E-state index in [0.717, 1.165) is 24.8 Å². The van der Waals surface area contributed by atoms with Crippen LogP contribution in [0.3, 0.4) is 0 Å². The van der Waals surface area contributed by atoms with Crippen LogP contribution in [0.1, 0.15) is 87.3 Å². The smallest absolute Gasteiger partial charge is 0.303 e. The lowest BCUT2D eigenvalue weighted by Crippen LogP contribution is -2.59. The molecule has 1 aliphatic heterocycles. The Bertz CT molecular complexity index is 1260. The van der Waals surface area contributed by atoms with E-state index in [1.54, 1.807) is 0 Å². The summed E-state index contributed by atoms with van der Waals surface area (Å²) < 4.78 is 28.4. The van der Waals surface area contributed by atoms with E-state index in [0.29, 0.717) is 17.9 Å². The largest absolute Gasteiger partial charge is 0.463 e. The van der Waals surface area contributed by atoms with Gasteiger partial charge in [0.15, 0.2) is 18.3 Å². The molecular weight excluding hydrogens is 528 g/mol. The van der Waals surface area contributed by atoms with Gasteiger partial charge in [0.25, 0.3) is 0 Å². The summed E-state index contributed by atoms with van der Waals surface area (Å²) in [6.07, 6.45) is -1.48. The minimum absolute atomic E-state index is 0.259. The number of hydrogen-bond acceptors (Lipinski definition) is 9. The fraction of sp³-hybridized carbons (Fsp3) is 0.500. The second-order valence-electron chi connectivity index (χ2n) is 10.7. The van der Waals surface area contributed by atoms with Crippen molar-refractivity contribution < 1.29 is 42.9 Å². The van der Waals surface area contributed by atoms with Crippen LogP contribution < -0.4 is 0 Å². The topological polar surface area (TPSA) is 114 Å². The molecule has 5 atom stereocenters. The first kappa shape index (κ1) is 30.2. The molecule has 2 aliphatic rings. The summed E-state index contributed by atoms with van der Waals surface area (Å²) >= 11 is 0. The van der Waals surface area contributed by atoms with Gasteiger partial charge in [-0.3, -0.25) is 19.2 Å². The van der Waals surface area contributed by atoms with Gasteiger partial charge in [0.1, 0.15) is 18.8 Å². The number of carbonyl (C=O) groups is 4. The molecule has 1 heterocycles. The average molecular weight is 567 g/mol. The van der Waals surface area contributed by atoms with Crippen molar-refractivity contribution in [1.82, 2.24) is 0 Å². The second-order valence-corrected chi connectivity index (χ2v) is 10.7. The summed E-state index contributed by atoms with van der Waals surface area (Å²) in [4.78, 5) is 48.2. The van der Waals surface area contributed by atoms with Gasteiger partial charge in [0.2, 0.25) is 0 Å². The monoisotopic (exact) mass is 566 g/mol. The van der Waals surface area contributed by atoms with Crippen LogP contribution in [-0.4, -0.2) is 54.9 Å². The van der Waals surface area contributed by atoms with E-state index in [2.05, 4.69) is 37.3 Å². The van der Waals surface area contributed by atoms with Crippen molar-refractivity contribution in [3.05, 3.63) is 70.3 Å². The van der Waals surface area contributed by atoms with Crippen LogP contribution in [0.2, 0.25) is 0 Å². The minimum Gasteiger partial charge on any atom is -0.463 e. The van der Waals surface area contributed by atoms with Gasteiger partial charge in [0, 0.05) is 27.7 Å². The standard InChI is InChI=1S/C32H38O9/c1-6-22-7-9-23(10-8-22)15-26-16-25(13-14-27(26)24-11-12-24)29-31(39-20(4)35)32(40-21(5)36)30(38-19(3)34)28(41-29)17-37-18(2)33/h7-10,13-14,16,24,28-32H,6,11-12,15,17H2,1-5H3/t28-,29-,30-,31-,32+/m1/s1. The highest BCUT2D eigenvalue weighted by molar-refractivity contribution is 5.69. The summed E-state index contributed by atoms with van der Waals surface area (Å²) in [5, 5.41) is 0. The number of carbonyl (C=O) groups excluding carboxylic acids is 4. The molecule has 41 heavy (non-hydrogen) atoms. The van der Waals surface area contributed by atoms with E-state index >= 15 is 0 Å². The Morgan fingerprint density at radius 2 is 1.34 bits per heavy atom. The van der Waals surface area contributed by atoms with Crippen LogP contribution in [0.15, 0.2) is 42.5 Å². The lowest BCUT2D eigenvalue weighted by molar-refractivity contribution is -0.254. The van der Waals surface area contributed by atoms with E-state index in [1.165, 1.54) is 44.4 Å². The fourth-order valence-electron chi connectivity index (χ4n) is 5.36. The Balaban J connectivity index is 1.76. The Kier molecular flexibility index (Phi) is 9.81. The van der Waals surface area contributed by atoms with E-state index in [-0.39, 0.29) is 6.61 Å². The molecule has 0 unspecified atom stereocenters. The summed E-state index contributed by atoms with van der Waals surface area (Å²) in [5.41, 5.74) is 5.53. The van der Waals surface area contributed by atoms with Gasteiger partial charge >= 0.3 is 23.9 Å². The SMILES string of the molecule is CCc1ccc(Cc2cc([C@H]3O[C@H](COC(C)=O)[C@@H](OC(C)=O)[C@H](OC(C)=O)[C@@H]3OC(C)=O)ccc2C2CC2)cc1.